The van der Waals surface area contributed by atoms with Crippen LogP contribution in [0.3, 0.4) is 0 Å². The first-order valence-electron chi connectivity index (χ1n) is 9.58. The number of hydrogen-bond donors (Lipinski definition) is 1. The Labute approximate surface area is 172 Å². The maximum absolute atomic E-state index is 12.7. The molecule has 0 saturated carbocycles. The van der Waals surface area contributed by atoms with E-state index in [0.29, 0.717) is 23.2 Å². The van der Waals surface area contributed by atoms with E-state index in [4.69, 9.17) is 4.52 Å². The molecule has 0 aliphatic heterocycles. The van der Waals surface area contributed by atoms with Crippen molar-refractivity contribution >= 4 is 5.91 Å². The fraction of sp³-hybridized carbons (Fsp3) is 0.318. The average molecular weight is 417 g/mol. The van der Waals surface area contributed by atoms with Crippen molar-refractivity contribution in [3.63, 3.8) is 0 Å². The van der Waals surface area contributed by atoms with E-state index in [1.807, 2.05) is 24.3 Å². The van der Waals surface area contributed by atoms with Gasteiger partial charge in [-0.3, -0.25) is 4.79 Å². The number of aromatic nitrogens is 2. The van der Waals surface area contributed by atoms with E-state index < -0.39 is 11.7 Å². The second-order valence-electron chi connectivity index (χ2n) is 7.26. The molecule has 0 saturated heterocycles. The van der Waals surface area contributed by atoms with Crippen LogP contribution >= 0.6 is 0 Å². The summed E-state index contributed by atoms with van der Waals surface area (Å²) in [5.74, 6) is 0.889. The maximum Gasteiger partial charge on any atom is 0.416 e. The van der Waals surface area contributed by atoms with Gasteiger partial charge >= 0.3 is 6.18 Å². The average Bonchev–Trinajstić information content (AvgIpc) is 3.19. The summed E-state index contributed by atoms with van der Waals surface area (Å²) in [6, 6.07) is 12.7. The Morgan fingerprint density at radius 1 is 1.13 bits per heavy atom. The molecule has 1 aromatic heterocycles. The van der Waals surface area contributed by atoms with Gasteiger partial charge in [0, 0.05) is 24.9 Å². The van der Waals surface area contributed by atoms with Crippen LogP contribution < -0.4 is 5.32 Å². The number of aryl methyl sites for hydroxylation is 1. The van der Waals surface area contributed by atoms with Gasteiger partial charge in [0.05, 0.1) is 5.56 Å². The Hall–Kier alpha value is -3.16. The van der Waals surface area contributed by atoms with Gasteiger partial charge in [0.15, 0.2) is 0 Å². The molecular weight excluding hydrogens is 395 g/mol. The molecule has 8 heteroatoms. The molecule has 30 heavy (non-hydrogen) atoms. The molecule has 1 amide bonds. The predicted octanol–water partition coefficient (Wildman–Crippen LogP) is 5.13. The number of rotatable bonds is 7. The third kappa shape index (κ3) is 5.68. The van der Waals surface area contributed by atoms with Gasteiger partial charge in [-0.15, -0.1) is 0 Å². The predicted molar refractivity (Wildman–Crippen MR) is 105 cm³/mol. The first kappa shape index (κ1) is 21.5. The quantitative estimate of drug-likeness (QED) is 0.579. The number of nitrogens with zero attached hydrogens (tertiary/aromatic N) is 2. The summed E-state index contributed by atoms with van der Waals surface area (Å²) in [5, 5.41) is 6.55. The van der Waals surface area contributed by atoms with Crippen LogP contribution in [0.25, 0.3) is 11.4 Å². The number of nitrogens with one attached hydrogen (secondary N) is 1. The Morgan fingerprint density at radius 2 is 1.87 bits per heavy atom. The molecule has 0 bridgehead atoms. The van der Waals surface area contributed by atoms with E-state index in [9.17, 15) is 18.0 Å². The van der Waals surface area contributed by atoms with Crippen LogP contribution in [-0.4, -0.2) is 16.0 Å². The number of alkyl halides is 3. The highest BCUT2D eigenvalue weighted by Gasteiger charge is 2.30. The Morgan fingerprint density at radius 3 is 2.53 bits per heavy atom. The standard InChI is InChI=1S/C22H22F3N3O2/c1-14(2)16-6-8-17(9-7-16)21-27-20(30-28-21)11-10-19(29)26-13-15-4-3-5-18(12-15)22(23,24)25/h3-9,12,14H,10-11,13H2,1-2H3,(H,26,29). The molecule has 0 spiro atoms. The van der Waals surface area contributed by atoms with Gasteiger partial charge in [-0.2, -0.15) is 18.2 Å². The summed E-state index contributed by atoms with van der Waals surface area (Å²) < 4.78 is 43.4. The summed E-state index contributed by atoms with van der Waals surface area (Å²) in [6.45, 7) is 4.24. The van der Waals surface area contributed by atoms with E-state index >= 15 is 0 Å². The van der Waals surface area contributed by atoms with Crippen LogP contribution in [0.1, 0.15) is 48.8 Å². The van der Waals surface area contributed by atoms with Crippen LogP contribution in [0.5, 0.6) is 0 Å². The minimum atomic E-state index is -4.41. The molecule has 0 aliphatic carbocycles. The smallest absolute Gasteiger partial charge is 0.352 e. The highest BCUT2D eigenvalue weighted by Crippen LogP contribution is 2.29. The van der Waals surface area contributed by atoms with Gasteiger partial charge in [-0.25, -0.2) is 0 Å². The number of carbonyl (C=O) groups is 1. The number of hydrogen-bond acceptors (Lipinski definition) is 4. The van der Waals surface area contributed by atoms with E-state index in [1.165, 1.54) is 17.7 Å². The van der Waals surface area contributed by atoms with Crippen LogP contribution in [0, 0.1) is 0 Å². The number of halogens is 3. The van der Waals surface area contributed by atoms with Crippen molar-refractivity contribution in [1.29, 1.82) is 0 Å². The lowest BCUT2D eigenvalue weighted by atomic mass is 10.0. The highest BCUT2D eigenvalue weighted by atomic mass is 19.4. The monoisotopic (exact) mass is 417 g/mol. The highest BCUT2D eigenvalue weighted by molar-refractivity contribution is 5.76. The molecule has 3 rings (SSSR count). The molecule has 1 N–H and O–H groups in total. The number of benzene rings is 2. The Kier molecular flexibility index (Phi) is 6.54. The fourth-order valence-electron chi connectivity index (χ4n) is 2.86. The molecule has 0 fully saturated rings. The Balaban J connectivity index is 1.51. The molecule has 1 heterocycles. The zero-order chi connectivity index (χ0) is 21.7. The lowest BCUT2D eigenvalue weighted by Gasteiger charge is -2.09. The summed E-state index contributed by atoms with van der Waals surface area (Å²) in [4.78, 5) is 16.3. The molecule has 2 aromatic carbocycles. The lowest BCUT2D eigenvalue weighted by Crippen LogP contribution is -2.23. The van der Waals surface area contributed by atoms with Crippen molar-refractivity contribution in [3.8, 4) is 11.4 Å². The van der Waals surface area contributed by atoms with Gasteiger partial charge in [0.2, 0.25) is 17.6 Å². The van der Waals surface area contributed by atoms with E-state index in [-0.39, 0.29) is 25.3 Å². The van der Waals surface area contributed by atoms with Crippen LogP contribution in [-0.2, 0) is 23.9 Å². The second-order valence-corrected chi connectivity index (χ2v) is 7.26. The van der Waals surface area contributed by atoms with Gasteiger partial charge < -0.3 is 9.84 Å². The van der Waals surface area contributed by atoms with Crippen molar-refractivity contribution in [2.24, 2.45) is 0 Å². The maximum atomic E-state index is 12.7. The molecule has 0 unspecified atom stereocenters. The van der Waals surface area contributed by atoms with Gasteiger partial charge in [0.1, 0.15) is 0 Å². The first-order valence-corrected chi connectivity index (χ1v) is 9.58. The van der Waals surface area contributed by atoms with Crippen molar-refractivity contribution in [2.75, 3.05) is 0 Å². The summed E-state index contributed by atoms with van der Waals surface area (Å²) in [5.41, 5.74) is 1.67. The largest absolute Gasteiger partial charge is 0.416 e. The normalized spacial score (nSPS) is 11.7. The number of carbonyl (C=O) groups excluding carboxylic acids is 1. The number of amides is 1. The molecule has 0 radical (unpaired) electrons. The van der Waals surface area contributed by atoms with E-state index in [1.54, 1.807) is 0 Å². The van der Waals surface area contributed by atoms with Crippen molar-refractivity contribution in [2.45, 2.75) is 45.3 Å². The lowest BCUT2D eigenvalue weighted by molar-refractivity contribution is -0.137. The van der Waals surface area contributed by atoms with Crippen LogP contribution in [0.15, 0.2) is 53.1 Å². The minimum absolute atomic E-state index is 0.0139. The van der Waals surface area contributed by atoms with Gasteiger partial charge in [0.25, 0.3) is 0 Å². The zero-order valence-electron chi connectivity index (χ0n) is 16.7. The second kappa shape index (κ2) is 9.11. The van der Waals surface area contributed by atoms with E-state index in [2.05, 4.69) is 29.3 Å². The first-order chi connectivity index (χ1) is 14.2. The molecule has 3 aromatic rings. The van der Waals surface area contributed by atoms with E-state index in [0.717, 1.165) is 17.7 Å². The third-order valence-corrected chi connectivity index (χ3v) is 4.61. The Bertz CT molecular complexity index is 995. The van der Waals surface area contributed by atoms with Crippen molar-refractivity contribution < 1.29 is 22.5 Å². The van der Waals surface area contributed by atoms with Crippen molar-refractivity contribution in [1.82, 2.24) is 15.5 Å². The van der Waals surface area contributed by atoms with Crippen LogP contribution in [0.2, 0.25) is 0 Å². The summed E-state index contributed by atoms with van der Waals surface area (Å²) in [6.07, 6.45) is -4.08. The molecule has 0 atom stereocenters. The fourth-order valence-corrected chi connectivity index (χ4v) is 2.86. The van der Waals surface area contributed by atoms with Crippen molar-refractivity contribution in [3.05, 3.63) is 71.1 Å². The molecule has 5 nitrogen and oxygen atoms in total. The van der Waals surface area contributed by atoms with Gasteiger partial charge in [-0.05, 0) is 29.2 Å². The van der Waals surface area contributed by atoms with Gasteiger partial charge in [-0.1, -0.05) is 55.4 Å². The summed E-state index contributed by atoms with van der Waals surface area (Å²) in [7, 11) is 0. The van der Waals surface area contributed by atoms with Crippen LogP contribution in [0.4, 0.5) is 13.2 Å². The minimum Gasteiger partial charge on any atom is -0.352 e. The molecule has 0 aliphatic rings. The topological polar surface area (TPSA) is 68.0 Å². The summed E-state index contributed by atoms with van der Waals surface area (Å²) >= 11 is 0. The zero-order valence-corrected chi connectivity index (χ0v) is 16.7. The molecule has 158 valence electrons. The SMILES string of the molecule is CC(C)c1ccc(-c2noc(CCC(=O)NCc3cccc(C(F)(F)F)c3)n2)cc1. The third-order valence-electron chi connectivity index (χ3n) is 4.61. The molecular formula is C22H22F3N3O2.